The highest BCUT2D eigenvalue weighted by Gasteiger charge is 2.42. The lowest BCUT2D eigenvalue weighted by molar-refractivity contribution is -0.118. The van der Waals surface area contributed by atoms with Crippen molar-refractivity contribution in [2.45, 2.75) is 65.2 Å². The molecule has 1 N–H and O–H groups in total. The average molecular weight is 563 g/mol. The van der Waals surface area contributed by atoms with Gasteiger partial charge >= 0.3 is 0 Å². The number of hydrogen-bond donors (Lipinski definition) is 1. The molecule has 210 valence electrons. The van der Waals surface area contributed by atoms with Crippen LogP contribution < -0.4 is 14.8 Å². The molecular formula is C32H35ClN2O5. The normalized spacial score (nSPS) is 17.6. The van der Waals surface area contributed by atoms with E-state index in [1.165, 1.54) is 0 Å². The first-order chi connectivity index (χ1) is 19.2. The lowest BCUT2D eigenvalue weighted by atomic mass is 9.71. The van der Waals surface area contributed by atoms with E-state index in [1.54, 1.807) is 6.07 Å². The SMILES string of the molecule is CCOc1cc(C2C3=C(CCCC3=O)N(C)C3=C2C(=O)CCC3)cc(Cl)c1OCC(=O)Nc1ccc(C)cc1C. The Balaban J connectivity index is 1.49. The number of ether oxygens (including phenoxy) is 2. The summed E-state index contributed by atoms with van der Waals surface area (Å²) in [6.07, 6.45) is 4.11. The van der Waals surface area contributed by atoms with Crippen LogP contribution in [0.15, 0.2) is 52.9 Å². The number of allylic oxidation sites excluding steroid dienone is 4. The van der Waals surface area contributed by atoms with Crippen LogP contribution in [0.4, 0.5) is 5.69 Å². The minimum Gasteiger partial charge on any atom is -0.490 e. The molecule has 0 unspecified atom stereocenters. The molecule has 7 nitrogen and oxygen atoms in total. The van der Waals surface area contributed by atoms with Crippen LogP contribution >= 0.6 is 11.6 Å². The van der Waals surface area contributed by atoms with Gasteiger partial charge < -0.3 is 19.7 Å². The van der Waals surface area contributed by atoms with E-state index in [4.69, 9.17) is 21.1 Å². The third kappa shape index (κ3) is 5.27. The van der Waals surface area contributed by atoms with Gasteiger partial charge in [-0.1, -0.05) is 29.3 Å². The first-order valence-electron chi connectivity index (χ1n) is 13.9. The highest BCUT2D eigenvalue weighted by Crippen LogP contribution is 2.50. The number of Topliss-reactive ketones (excluding diaryl/α,β-unsaturated/α-hetero) is 2. The van der Waals surface area contributed by atoms with Gasteiger partial charge in [0.05, 0.1) is 11.6 Å². The molecule has 2 aromatic carbocycles. The smallest absolute Gasteiger partial charge is 0.262 e. The summed E-state index contributed by atoms with van der Waals surface area (Å²) in [6, 6.07) is 9.35. The topological polar surface area (TPSA) is 84.9 Å². The largest absolute Gasteiger partial charge is 0.490 e. The Morgan fingerprint density at radius 1 is 0.975 bits per heavy atom. The number of ketones is 2. The Kier molecular flexibility index (Phi) is 8.04. The van der Waals surface area contributed by atoms with E-state index in [2.05, 4.69) is 10.2 Å². The first kappa shape index (κ1) is 28.0. The number of nitrogens with zero attached hydrogens (tertiary/aromatic N) is 1. The van der Waals surface area contributed by atoms with E-state index >= 15 is 0 Å². The predicted octanol–water partition coefficient (Wildman–Crippen LogP) is 6.42. The molecule has 0 aromatic heterocycles. The fourth-order valence-corrected chi connectivity index (χ4v) is 6.40. The van der Waals surface area contributed by atoms with Gasteiger partial charge in [-0.25, -0.2) is 0 Å². The Hall–Kier alpha value is -3.58. The molecule has 0 bridgehead atoms. The molecule has 3 aliphatic rings. The minimum atomic E-state index is -0.500. The van der Waals surface area contributed by atoms with E-state index < -0.39 is 5.92 Å². The maximum Gasteiger partial charge on any atom is 0.262 e. The number of hydrogen-bond acceptors (Lipinski definition) is 6. The van der Waals surface area contributed by atoms with Gasteiger partial charge in [-0.05, 0) is 75.8 Å². The zero-order valence-electron chi connectivity index (χ0n) is 23.5. The van der Waals surface area contributed by atoms with Crippen molar-refractivity contribution in [1.82, 2.24) is 4.90 Å². The van der Waals surface area contributed by atoms with Crippen LogP contribution in [0.2, 0.25) is 5.02 Å². The highest BCUT2D eigenvalue weighted by atomic mass is 35.5. The highest BCUT2D eigenvalue weighted by molar-refractivity contribution is 6.32. The summed E-state index contributed by atoms with van der Waals surface area (Å²) in [4.78, 5) is 41.4. The zero-order chi connectivity index (χ0) is 28.6. The van der Waals surface area contributed by atoms with Crippen molar-refractivity contribution >= 4 is 34.8 Å². The Morgan fingerprint density at radius 3 is 2.23 bits per heavy atom. The Bertz CT molecular complexity index is 1410. The molecule has 0 spiro atoms. The van der Waals surface area contributed by atoms with Crippen LogP contribution in [0.3, 0.4) is 0 Å². The van der Waals surface area contributed by atoms with Gasteiger partial charge in [0.1, 0.15) is 0 Å². The molecule has 0 fully saturated rings. The molecule has 2 aromatic rings. The van der Waals surface area contributed by atoms with E-state index in [1.807, 2.05) is 52.1 Å². The molecule has 5 rings (SSSR count). The van der Waals surface area contributed by atoms with Gasteiger partial charge in [0.25, 0.3) is 5.91 Å². The molecule has 0 saturated carbocycles. The van der Waals surface area contributed by atoms with Crippen LogP contribution in [0.1, 0.15) is 68.1 Å². The summed E-state index contributed by atoms with van der Waals surface area (Å²) >= 11 is 6.78. The maximum atomic E-state index is 13.3. The fourth-order valence-electron chi connectivity index (χ4n) is 6.12. The summed E-state index contributed by atoms with van der Waals surface area (Å²) in [7, 11) is 1.97. The van der Waals surface area contributed by atoms with Crippen molar-refractivity contribution in [3.05, 3.63) is 74.6 Å². The number of aryl methyl sites for hydroxylation is 2. The van der Waals surface area contributed by atoms with E-state index in [-0.39, 0.29) is 34.9 Å². The number of carbonyl (C=O) groups is 3. The van der Waals surface area contributed by atoms with Crippen molar-refractivity contribution in [2.24, 2.45) is 0 Å². The summed E-state index contributed by atoms with van der Waals surface area (Å²) in [6.45, 7) is 5.87. The van der Waals surface area contributed by atoms with Gasteiger partial charge in [0.2, 0.25) is 0 Å². The van der Waals surface area contributed by atoms with E-state index in [0.717, 1.165) is 59.5 Å². The lowest BCUT2D eigenvalue weighted by Crippen LogP contribution is -2.37. The molecule has 0 radical (unpaired) electrons. The number of benzene rings is 2. The van der Waals surface area contributed by atoms with E-state index in [9.17, 15) is 14.4 Å². The van der Waals surface area contributed by atoms with Gasteiger partial charge in [-0.2, -0.15) is 0 Å². The molecule has 1 amide bonds. The summed E-state index contributed by atoms with van der Waals surface area (Å²) in [5.41, 5.74) is 6.86. The van der Waals surface area contributed by atoms with Crippen molar-refractivity contribution in [3.8, 4) is 11.5 Å². The van der Waals surface area contributed by atoms with Crippen LogP contribution in [-0.2, 0) is 14.4 Å². The quantitative estimate of drug-likeness (QED) is 0.419. The average Bonchev–Trinajstić information content (AvgIpc) is 2.91. The summed E-state index contributed by atoms with van der Waals surface area (Å²) < 4.78 is 11.8. The van der Waals surface area contributed by atoms with Crippen molar-refractivity contribution < 1.29 is 23.9 Å². The summed E-state index contributed by atoms with van der Waals surface area (Å²) in [5.74, 6) is -0.0557. The van der Waals surface area contributed by atoms with Crippen molar-refractivity contribution in [2.75, 3.05) is 25.6 Å². The minimum absolute atomic E-state index is 0.0699. The molecule has 1 heterocycles. The number of rotatable bonds is 7. The molecule has 8 heteroatoms. The van der Waals surface area contributed by atoms with Crippen LogP contribution in [0.25, 0.3) is 0 Å². The first-order valence-corrected chi connectivity index (χ1v) is 14.3. The molecule has 1 aliphatic heterocycles. The second-order valence-electron chi connectivity index (χ2n) is 10.7. The van der Waals surface area contributed by atoms with E-state index in [0.29, 0.717) is 36.3 Å². The van der Waals surface area contributed by atoms with Crippen LogP contribution in [0.5, 0.6) is 11.5 Å². The second kappa shape index (κ2) is 11.5. The molecule has 2 aliphatic carbocycles. The number of nitrogens with one attached hydrogen (secondary N) is 1. The molecule has 40 heavy (non-hydrogen) atoms. The van der Waals surface area contributed by atoms with Gasteiger partial charge in [-0.3, -0.25) is 14.4 Å². The maximum absolute atomic E-state index is 13.3. The second-order valence-corrected chi connectivity index (χ2v) is 11.1. The fraction of sp³-hybridized carbons (Fsp3) is 0.406. The van der Waals surface area contributed by atoms with Crippen molar-refractivity contribution in [1.29, 1.82) is 0 Å². The standard InChI is InChI=1S/C32H35ClN2O5/c1-5-39-27-16-20(15-21(33)32(27)40-17-28(38)34-22-13-12-18(2)14-19(22)3)29-30-23(8-6-10-25(30)36)35(4)24-9-7-11-26(37)31(24)29/h12-16,29H,5-11,17H2,1-4H3,(H,34,38). The predicted molar refractivity (Wildman–Crippen MR) is 155 cm³/mol. The monoisotopic (exact) mass is 562 g/mol. The van der Waals surface area contributed by atoms with Gasteiger partial charge in [0, 0.05) is 54.0 Å². The van der Waals surface area contributed by atoms with Crippen molar-refractivity contribution in [3.63, 3.8) is 0 Å². The number of amides is 1. The Morgan fingerprint density at radius 2 is 1.62 bits per heavy atom. The van der Waals surface area contributed by atoms with Crippen LogP contribution in [-0.4, -0.2) is 42.6 Å². The molecule has 0 atom stereocenters. The number of halogens is 1. The third-order valence-electron chi connectivity index (χ3n) is 7.91. The van der Waals surface area contributed by atoms with Gasteiger partial charge in [-0.15, -0.1) is 0 Å². The molecular weight excluding hydrogens is 528 g/mol. The third-order valence-corrected chi connectivity index (χ3v) is 8.19. The number of anilines is 1. The Labute approximate surface area is 240 Å². The summed E-state index contributed by atoms with van der Waals surface area (Å²) in [5, 5.41) is 3.14. The zero-order valence-corrected chi connectivity index (χ0v) is 24.2. The van der Waals surface area contributed by atoms with Crippen LogP contribution in [0, 0.1) is 13.8 Å². The number of carbonyl (C=O) groups excluding carboxylic acids is 3. The van der Waals surface area contributed by atoms with Gasteiger partial charge in [0.15, 0.2) is 29.7 Å². The lowest BCUT2D eigenvalue weighted by Gasteiger charge is -2.42. The molecule has 0 saturated heterocycles.